The Balaban J connectivity index is 2.07. The first-order chi connectivity index (χ1) is 10.8. The quantitative estimate of drug-likeness (QED) is 0.816. The summed E-state index contributed by atoms with van der Waals surface area (Å²) in [5.74, 6) is 1.08. The first-order valence-corrected chi connectivity index (χ1v) is 7.72. The van der Waals surface area contributed by atoms with Gasteiger partial charge in [-0.2, -0.15) is 0 Å². The summed E-state index contributed by atoms with van der Waals surface area (Å²) in [5.41, 5.74) is 1.85. The molecule has 0 N–H and O–H groups in total. The van der Waals surface area contributed by atoms with E-state index >= 15 is 0 Å². The number of hydrogen-bond acceptors (Lipinski definition) is 3. The average molecular weight is 295 g/mol. The van der Waals surface area contributed by atoms with Gasteiger partial charge in [0.15, 0.2) is 0 Å². The summed E-state index contributed by atoms with van der Waals surface area (Å²) >= 11 is 0. The Morgan fingerprint density at radius 3 is 2.86 bits per heavy atom. The van der Waals surface area contributed by atoms with Crippen LogP contribution in [0.1, 0.15) is 25.1 Å². The minimum absolute atomic E-state index is 0.0919. The molecule has 3 nitrogen and oxygen atoms in total. The number of nitrogens with zero attached hydrogens (tertiary/aromatic N) is 1. The third-order valence-corrected chi connectivity index (χ3v) is 3.95. The number of hydrogen-bond donors (Lipinski definition) is 0. The van der Waals surface area contributed by atoms with Gasteiger partial charge in [0.1, 0.15) is 17.5 Å². The largest absolute Gasteiger partial charge is 0.495 e. The van der Waals surface area contributed by atoms with Crippen molar-refractivity contribution in [1.29, 1.82) is 0 Å². The van der Waals surface area contributed by atoms with Gasteiger partial charge in [-0.3, -0.25) is 0 Å². The van der Waals surface area contributed by atoms with Crippen molar-refractivity contribution in [2.45, 2.75) is 19.4 Å². The molecule has 3 rings (SSSR count). The minimum atomic E-state index is -0.0919. The molecule has 2 unspecified atom stereocenters. The summed E-state index contributed by atoms with van der Waals surface area (Å²) in [6.07, 6.45) is 9.38. The zero-order valence-electron chi connectivity index (χ0n) is 13.0. The molecule has 0 saturated heterocycles. The lowest BCUT2D eigenvalue weighted by Crippen LogP contribution is -2.17. The molecule has 0 spiro atoms. The van der Waals surface area contributed by atoms with Gasteiger partial charge in [0.2, 0.25) is 0 Å². The van der Waals surface area contributed by atoms with Crippen molar-refractivity contribution in [3.05, 3.63) is 60.3 Å². The van der Waals surface area contributed by atoms with E-state index in [1.165, 1.54) is 0 Å². The summed E-state index contributed by atoms with van der Waals surface area (Å²) in [5, 5.41) is 1.08. The monoisotopic (exact) mass is 295 g/mol. The molecule has 0 amide bonds. The molecule has 2 atom stereocenters. The van der Waals surface area contributed by atoms with Gasteiger partial charge < -0.3 is 9.47 Å². The molecule has 114 valence electrons. The summed E-state index contributed by atoms with van der Waals surface area (Å²) < 4.78 is 11.6. The van der Waals surface area contributed by atoms with E-state index in [2.05, 4.69) is 24.3 Å². The van der Waals surface area contributed by atoms with Crippen molar-refractivity contribution >= 4 is 10.9 Å². The van der Waals surface area contributed by atoms with Crippen molar-refractivity contribution in [1.82, 2.24) is 4.98 Å². The van der Waals surface area contributed by atoms with Crippen LogP contribution < -0.4 is 4.74 Å². The smallest absolute Gasteiger partial charge is 0.143 e. The molecule has 0 bridgehead atoms. The number of para-hydroxylation sites is 1. The summed E-state index contributed by atoms with van der Waals surface area (Å²) in [7, 11) is 1.69. The zero-order valence-corrected chi connectivity index (χ0v) is 13.0. The molecule has 0 aliphatic heterocycles. The van der Waals surface area contributed by atoms with Crippen LogP contribution >= 0.6 is 0 Å². The lowest BCUT2D eigenvalue weighted by molar-refractivity contribution is 0.0285. The maximum Gasteiger partial charge on any atom is 0.143 e. The predicted octanol–water partition coefficient (Wildman–Crippen LogP) is 4.45. The van der Waals surface area contributed by atoms with Crippen LogP contribution in [-0.4, -0.2) is 18.7 Å². The molecule has 3 heteroatoms. The third kappa shape index (κ3) is 2.90. The van der Waals surface area contributed by atoms with Crippen molar-refractivity contribution in [3.63, 3.8) is 0 Å². The average Bonchev–Trinajstić information content (AvgIpc) is 2.59. The number of benzene rings is 1. The number of aromatic nitrogens is 1. The Morgan fingerprint density at radius 2 is 2.14 bits per heavy atom. The molecule has 0 saturated carbocycles. The van der Waals surface area contributed by atoms with Crippen LogP contribution in [-0.2, 0) is 4.74 Å². The van der Waals surface area contributed by atoms with Crippen molar-refractivity contribution in [3.8, 4) is 5.75 Å². The molecule has 1 aromatic heterocycles. The SMILES string of the molecule is CCOC(c1nc2ccccc2cc1OC)C1C=CC=CC1. The van der Waals surface area contributed by atoms with E-state index in [4.69, 9.17) is 14.5 Å². The van der Waals surface area contributed by atoms with Crippen LogP contribution in [0.4, 0.5) is 0 Å². The van der Waals surface area contributed by atoms with Crippen LogP contribution in [0.15, 0.2) is 54.6 Å². The van der Waals surface area contributed by atoms with Crippen LogP contribution in [0.2, 0.25) is 0 Å². The van der Waals surface area contributed by atoms with E-state index in [1.54, 1.807) is 7.11 Å². The number of fused-ring (bicyclic) bond motifs is 1. The Bertz CT molecular complexity index is 706. The lowest BCUT2D eigenvalue weighted by atomic mass is 9.91. The molecule has 1 aromatic carbocycles. The molecular weight excluding hydrogens is 274 g/mol. The summed E-state index contributed by atoms with van der Waals surface area (Å²) in [6.45, 7) is 2.67. The Kier molecular flexibility index (Phi) is 4.54. The normalized spacial score (nSPS) is 18.5. The van der Waals surface area contributed by atoms with Crippen LogP contribution in [0.5, 0.6) is 5.75 Å². The topological polar surface area (TPSA) is 31.4 Å². The maximum atomic E-state index is 6.03. The highest BCUT2D eigenvalue weighted by molar-refractivity contribution is 5.80. The molecule has 1 aliphatic rings. The predicted molar refractivity (Wildman–Crippen MR) is 89.0 cm³/mol. The Hall–Kier alpha value is -2.13. The van der Waals surface area contributed by atoms with Gasteiger partial charge in [0.25, 0.3) is 0 Å². The molecule has 22 heavy (non-hydrogen) atoms. The van der Waals surface area contributed by atoms with E-state index in [1.807, 2.05) is 37.3 Å². The van der Waals surface area contributed by atoms with E-state index in [0.717, 1.165) is 28.8 Å². The van der Waals surface area contributed by atoms with Crippen LogP contribution in [0, 0.1) is 5.92 Å². The first kappa shape index (κ1) is 14.8. The summed E-state index contributed by atoms with van der Waals surface area (Å²) in [6, 6.07) is 10.1. The summed E-state index contributed by atoms with van der Waals surface area (Å²) in [4.78, 5) is 4.83. The fourth-order valence-corrected chi connectivity index (χ4v) is 2.89. The Labute approximate surface area is 131 Å². The van der Waals surface area contributed by atoms with Gasteiger partial charge in [-0.1, -0.05) is 42.5 Å². The van der Waals surface area contributed by atoms with Crippen molar-refractivity contribution in [2.75, 3.05) is 13.7 Å². The second-order valence-electron chi connectivity index (χ2n) is 5.36. The molecule has 0 fully saturated rings. The highest BCUT2D eigenvalue weighted by Crippen LogP contribution is 2.36. The van der Waals surface area contributed by atoms with Gasteiger partial charge in [0.05, 0.1) is 12.6 Å². The number of allylic oxidation sites excluding steroid dienone is 3. The second-order valence-corrected chi connectivity index (χ2v) is 5.36. The van der Waals surface area contributed by atoms with Gasteiger partial charge in [-0.05, 0) is 25.5 Å². The van der Waals surface area contributed by atoms with E-state index < -0.39 is 0 Å². The van der Waals surface area contributed by atoms with Crippen LogP contribution in [0.25, 0.3) is 10.9 Å². The minimum Gasteiger partial charge on any atom is -0.495 e. The fourth-order valence-electron chi connectivity index (χ4n) is 2.89. The Morgan fingerprint density at radius 1 is 1.27 bits per heavy atom. The zero-order chi connectivity index (χ0) is 15.4. The number of pyridine rings is 1. The molecule has 2 aromatic rings. The van der Waals surface area contributed by atoms with Gasteiger partial charge >= 0.3 is 0 Å². The van der Waals surface area contributed by atoms with E-state index in [-0.39, 0.29) is 12.0 Å². The lowest BCUT2D eigenvalue weighted by Gasteiger charge is -2.26. The highest BCUT2D eigenvalue weighted by Gasteiger charge is 2.26. The van der Waals surface area contributed by atoms with Gasteiger partial charge in [0, 0.05) is 17.9 Å². The molecule has 1 aliphatic carbocycles. The standard InChI is InChI=1S/C19H21NO2/c1-3-22-19(14-9-5-4-6-10-14)18-17(21-2)13-15-11-7-8-12-16(15)20-18/h4-9,11-14,19H,3,10H2,1-2H3. The van der Waals surface area contributed by atoms with E-state index in [0.29, 0.717) is 6.61 Å². The van der Waals surface area contributed by atoms with Crippen molar-refractivity contribution in [2.24, 2.45) is 5.92 Å². The fraction of sp³-hybridized carbons (Fsp3) is 0.316. The number of ether oxygens (including phenoxy) is 2. The molecule has 1 heterocycles. The third-order valence-electron chi connectivity index (χ3n) is 3.95. The highest BCUT2D eigenvalue weighted by atomic mass is 16.5. The van der Waals surface area contributed by atoms with Gasteiger partial charge in [-0.15, -0.1) is 0 Å². The molecular formula is C19H21NO2. The number of methoxy groups -OCH3 is 1. The second kappa shape index (κ2) is 6.75. The number of rotatable bonds is 5. The maximum absolute atomic E-state index is 6.03. The van der Waals surface area contributed by atoms with Crippen molar-refractivity contribution < 1.29 is 9.47 Å². The van der Waals surface area contributed by atoms with Gasteiger partial charge in [-0.25, -0.2) is 4.98 Å². The molecule has 0 radical (unpaired) electrons. The first-order valence-electron chi connectivity index (χ1n) is 7.72. The van der Waals surface area contributed by atoms with E-state index in [9.17, 15) is 0 Å². The van der Waals surface area contributed by atoms with Crippen LogP contribution in [0.3, 0.4) is 0 Å².